The van der Waals surface area contributed by atoms with Crippen LogP contribution in [0.25, 0.3) is 10.9 Å². The number of rotatable bonds is 16. The van der Waals surface area contributed by atoms with Crippen molar-refractivity contribution in [2.75, 3.05) is 26.1 Å². The largest absolute Gasteiger partial charge is 0.497 e. The van der Waals surface area contributed by atoms with Crippen LogP contribution in [0.3, 0.4) is 0 Å². The Morgan fingerprint density at radius 2 is 1.87 bits per heavy atom. The van der Waals surface area contributed by atoms with Crippen LogP contribution < -0.4 is 20.1 Å². The summed E-state index contributed by atoms with van der Waals surface area (Å²) in [6.45, 7) is 3.67. The topological polar surface area (TPSA) is 162 Å². The Bertz CT molecular complexity index is 1680. The second-order valence-electron chi connectivity index (χ2n) is 13.8. The quantitative estimate of drug-likeness (QED) is 0.0740. The van der Waals surface area contributed by atoms with Gasteiger partial charge in [-0.05, 0) is 64.0 Å². The number of pyridine rings is 1. The number of ether oxygens (including phenoxy) is 4. The van der Waals surface area contributed by atoms with Crippen molar-refractivity contribution in [2.45, 2.75) is 108 Å². The lowest BCUT2D eigenvalue weighted by Gasteiger charge is -2.28. The molecule has 2 N–H and O–H groups in total. The molecule has 1 aromatic heterocycles. The summed E-state index contributed by atoms with van der Waals surface area (Å²) < 4.78 is 22.5. The molecule has 2 aromatic rings. The smallest absolute Gasteiger partial charge is 0.408 e. The van der Waals surface area contributed by atoms with Crippen molar-refractivity contribution in [3.8, 4) is 11.5 Å². The first kappa shape index (κ1) is 39.0. The molecule has 52 heavy (non-hydrogen) atoms. The molecule has 3 fully saturated rings. The summed E-state index contributed by atoms with van der Waals surface area (Å²) in [5, 5.41) is 6.22. The summed E-state index contributed by atoms with van der Waals surface area (Å²) in [7, 11) is 2.82. The highest BCUT2D eigenvalue weighted by Crippen LogP contribution is 2.46. The molecule has 2 heterocycles. The summed E-state index contributed by atoms with van der Waals surface area (Å²) in [4.78, 5) is 72.6. The number of alkyl carbamates (subject to hydrolysis) is 1. The molecular formula is C38H49BrN4O9. The van der Waals surface area contributed by atoms with Crippen LogP contribution in [0.5, 0.6) is 11.5 Å². The Morgan fingerprint density at radius 3 is 2.56 bits per heavy atom. The number of alkyl halides is 1. The Morgan fingerprint density at radius 1 is 1.10 bits per heavy atom. The molecule has 2 saturated carbocycles. The number of unbranched alkanes of at least 4 members (excludes halogenated alkanes) is 3. The maximum Gasteiger partial charge on any atom is 0.408 e. The van der Waals surface area contributed by atoms with Gasteiger partial charge in [-0.3, -0.25) is 14.4 Å². The number of likely N-dealkylation sites (tertiary alicyclic amines) is 1. The van der Waals surface area contributed by atoms with Crippen LogP contribution in [-0.2, 0) is 23.9 Å². The highest BCUT2D eigenvalue weighted by molar-refractivity contribution is 9.09. The van der Waals surface area contributed by atoms with Gasteiger partial charge < -0.3 is 34.5 Å². The summed E-state index contributed by atoms with van der Waals surface area (Å²) in [5.74, 6) is -1.21. The lowest BCUT2D eigenvalue weighted by molar-refractivity contribution is -0.148. The van der Waals surface area contributed by atoms with Crippen LogP contribution in [0.1, 0.15) is 88.5 Å². The molecule has 3 aliphatic rings. The van der Waals surface area contributed by atoms with Gasteiger partial charge in [0.25, 0.3) is 0 Å². The number of carbonyl (C=O) groups excluding carboxylic acids is 5. The van der Waals surface area contributed by atoms with Gasteiger partial charge in [0, 0.05) is 29.9 Å². The van der Waals surface area contributed by atoms with Crippen molar-refractivity contribution < 1.29 is 42.9 Å². The zero-order valence-electron chi connectivity index (χ0n) is 30.3. The molecule has 0 bridgehead atoms. The van der Waals surface area contributed by atoms with Gasteiger partial charge in [-0.15, -0.1) is 0 Å². The molecule has 1 aliphatic heterocycles. The average molecular weight is 786 g/mol. The van der Waals surface area contributed by atoms with Gasteiger partial charge >= 0.3 is 12.1 Å². The maximum absolute atomic E-state index is 14.2. The number of esters is 1. The van der Waals surface area contributed by atoms with E-state index in [9.17, 15) is 24.0 Å². The third-order valence-corrected chi connectivity index (χ3v) is 10.6. The Balaban J connectivity index is 1.39. The normalized spacial score (nSPS) is 23.3. The number of nitrogens with one attached hydrogen (secondary N) is 2. The molecule has 0 radical (unpaired) electrons. The number of allylic oxidation sites excluding steroid dienone is 1. The highest BCUT2D eigenvalue weighted by Gasteiger charge is 2.62. The number of ketones is 1. The predicted octanol–water partition coefficient (Wildman–Crippen LogP) is 5.41. The summed E-state index contributed by atoms with van der Waals surface area (Å²) >= 11 is 3.21. The van der Waals surface area contributed by atoms with Gasteiger partial charge in [-0.25, -0.2) is 14.6 Å². The second-order valence-corrected chi connectivity index (χ2v) is 14.4. The number of amides is 3. The van der Waals surface area contributed by atoms with E-state index in [0.29, 0.717) is 28.8 Å². The molecule has 2 aliphatic carbocycles. The maximum atomic E-state index is 14.2. The molecule has 14 heteroatoms. The van der Waals surface area contributed by atoms with E-state index in [1.165, 1.54) is 19.1 Å². The van der Waals surface area contributed by atoms with Crippen LogP contribution >= 0.6 is 15.9 Å². The molecule has 5 rings (SSSR count). The molecule has 1 unspecified atom stereocenters. The lowest BCUT2D eigenvalue weighted by Crippen LogP contribution is -2.56. The van der Waals surface area contributed by atoms with Crippen LogP contribution in [0.4, 0.5) is 4.79 Å². The number of fused-ring (bicyclic) bond motifs is 1. The van der Waals surface area contributed by atoms with E-state index in [0.717, 1.165) is 51.4 Å². The standard InChI is InChI=1S/C38H49BrN4O9/c1-5-6-7-8-9-12-24-20-38(24,36(47)50-4)42-34(45)31-18-27(22-43(31)35(46)23(2)40-37(48)52-25-13-10-11-14-25)51-33-19-30(32(44)21-39)41-29-17-26(49-3)15-16-28(29)33/h9,12,15-17,19,23-25,27,31H,5-8,10-11,13-14,18,20-22H2,1-4H3,(H,40,48)(H,42,45)/b12-9-/t23-,24?,27+,31-,38+/m0/s1. The van der Waals surface area contributed by atoms with Gasteiger partial charge in [0.1, 0.15) is 47.0 Å². The second kappa shape index (κ2) is 17.5. The molecule has 3 amide bonds. The van der Waals surface area contributed by atoms with Crippen molar-refractivity contribution in [1.29, 1.82) is 0 Å². The first-order valence-corrected chi connectivity index (χ1v) is 19.2. The number of hydrogen-bond donors (Lipinski definition) is 2. The molecule has 1 saturated heterocycles. The van der Waals surface area contributed by atoms with Crippen molar-refractivity contribution in [2.24, 2.45) is 5.92 Å². The van der Waals surface area contributed by atoms with Gasteiger partial charge in [-0.2, -0.15) is 0 Å². The van der Waals surface area contributed by atoms with Crippen LogP contribution in [0, 0.1) is 5.92 Å². The number of hydrogen-bond acceptors (Lipinski definition) is 10. The van der Waals surface area contributed by atoms with Crippen LogP contribution in [0.15, 0.2) is 36.4 Å². The number of benzene rings is 1. The first-order valence-electron chi connectivity index (χ1n) is 18.1. The zero-order valence-corrected chi connectivity index (χ0v) is 31.9. The molecule has 1 aromatic carbocycles. The molecule has 0 spiro atoms. The summed E-state index contributed by atoms with van der Waals surface area (Å²) in [6, 6.07) is 4.71. The summed E-state index contributed by atoms with van der Waals surface area (Å²) in [6.07, 6.45) is 10.5. The number of methoxy groups -OCH3 is 2. The number of halogens is 1. The monoisotopic (exact) mass is 784 g/mol. The van der Waals surface area contributed by atoms with Crippen molar-refractivity contribution in [1.82, 2.24) is 20.5 Å². The van der Waals surface area contributed by atoms with Gasteiger partial charge in [-0.1, -0.05) is 47.8 Å². The Kier molecular flexibility index (Phi) is 13.2. The molecular weight excluding hydrogens is 736 g/mol. The van der Waals surface area contributed by atoms with E-state index in [4.69, 9.17) is 18.9 Å². The van der Waals surface area contributed by atoms with E-state index in [1.54, 1.807) is 31.2 Å². The minimum atomic E-state index is -1.25. The fourth-order valence-electron chi connectivity index (χ4n) is 7.05. The van der Waals surface area contributed by atoms with Gasteiger partial charge in [0.05, 0.1) is 31.6 Å². The fraction of sp³-hybridized carbons (Fsp3) is 0.579. The average Bonchev–Trinajstić information content (AvgIpc) is 3.42. The van der Waals surface area contributed by atoms with E-state index in [2.05, 4.69) is 38.5 Å². The highest BCUT2D eigenvalue weighted by atomic mass is 79.9. The number of aromatic nitrogens is 1. The minimum absolute atomic E-state index is 0.00566. The van der Waals surface area contributed by atoms with Crippen molar-refractivity contribution in [3.63, 3.8) is 0 Å². The molecule has 5 atom stereocenters. The molecule has 13 nitrogen and oxygen atoms in total. The van der Waals surface area contributed by atoms with E-state index in [1.807, 2.05) is 12.2 Å². The Labute approximate surface area is 312 Å². The third kappa shape index (κ3) is 9.05. The SMILES string of the molecule is CCCCC/C=C\C1C[C@]1(NC(=O)[C@@H]1C[C@@H](Oc2cc(C(=O)CBr)nc3cc(OC)ccc23)CN1C(=O)[C@H](C)NC(=O)OC1CCCC1)C(=O)OC. The number of Topliss-reactive ketones (excluding diaryl/α,β-unsaturated/α-hetero) is 1. The van der Waals surface area contributed by atoms with E-state index in [-0.39, 0.29) is 41.8 Å². The van der Waals surface area contributed by atoms with Crippen molar-refractivity contribution >= 4 is 56.5 Å². The van der Waals surface area contributed by atoms with Crippen LogP contribution in [-0.4, -0.2) is 95.5 Å². The van der Waals surface area contributed by atoms with Crippen LogP contribution in [0.2, 0.25) is 0 Å². The molecule has 282 valence electrons. The minimum Gasteiger partial charge on any atom is -0.497 e. The Hall–Kier alpha value is -4.20. The number of carbonyl (C=O) groups is 5. The lowest BCUT2D eigenvalue weighted by atomic mass is 10.1. The number of nitrogens with zero attached hydrogens (tertiary/aromatic N) is 2. The zero-order chi connectivity index (χ0) is 37.4. The van der Waals surface area contributed by atoms with Crippen molar-refractivity contribution in [3.05, 3.63) is 42.1 Å². The summed E-state index contributed by atoms with van der Waals surface area (Å²) in [5.41, 5.74) is -0.599. The van der Waals surface area contributed by atoms with E-state index >= 15 is 0 Å². The third-order valence-electron chi connectivity index (χ3n) is 10.1. The van der Waals surface area contributed by atoms with Gasteiger partial charge in [0.15, 0.2) is 5.78 Å². The predicted molar refractivity (Wildman–Crippen MR) is 197 cm³/mol. The van der Waals surface area contributed by atoms with Gasteiger partial charge in [0.2, 0.25) is 11.8 Å². The van der Waals surface area contributed by atoms with E-state index < -0.39 is 47.6 Å². The first-order chi connectivity index (χ1) is 25.0. The fourth-order valence-corrected chi connectivity index (χ4v) is 7.34.